The van der Waals surface area contributed by atoms with E-state index in [1.165, 1.54) is 12.0 Å². The minimum Gasteiger partial charge on any atom is -0.497 e. The summed E-state index contributed by atoms with van der Waals surface area (Å²) in [5.74, 6) is 5.59. The average molecular weight is 392 g/mol. The zero-order chi connectivity index (χ0) is 20.6. The number of hydrogen-bond acceptors (Lipinski definition) is 5. The normalized spacial score (nSPS) is 25.0. The van der Waals surface area contributed by atoms with Gasteiger partial charge in [0, 0.05) is 17.8 Å². The highest BCUT2D eigenvalue weighted by molar-refractivity contribution is 6.10. The predicted molar refractivity (Wildman–Crippen MR) is 106 cm³/mol. The number of carbonyl (C=O) groups excluding carboxylic acids is 3. The number of urea groups is 1. The van der Waals surface area contributed by atoms with E-state index >= 15 is 0 Å². The summed E-state index contributed by atoms with van der Waals surface area (Å²) in [7, 11) is 1.53. The molecule has 1 saturated heterocycles. The highest BCUT2D eigenvalue weighted by Crippen LogP contribution is 2.28. The van der Waals surface area contributed by atoms with Gasteiger partial charge in [0.25, 0.3) is 11.8 Å². The Hall–Kier alpha value is -3.60. The number of allylic oxidation sites excluding steroid dienone is 1. The summed E-state index contributed by atoms with van der Waals surface area (Å²) in [5, 5.41) is 4.85. The maximum atomic E-state index is 12.9. The van der Waals surface area contributed by atoms with Gasteiger partial charge in [0.1, 0.15) is 5.75 Å². The summed E-state index contributed by atoms with van der Waals surface area (Å²) >= 11 is 0. The van der Waals surface area contributed by atoms with Crippen LogP contribution in [0.5, 0.6) is 5.75 Å². The lowest BCUT2D eigenvalue weighted by Gasteiger charge is -2.26. The Morgan fingerprint density at radius 1 is 1.34 bits per heavy atom. The maximum Gasteiger partial charge on any atom is 0.323 e. The molecule has 1 fully saturated rings. The standard InChI is InChI=1S/C21H20N4O4/c1-13-3-4-14(10-22-13)7-8-21(19(27)23-20(28)24-21)12-25-11-15-5-6-16(29-2)9-17(15)18(25)26/h3-6,9,14H,10-12H2,1-2H3,(H2,23,24,27,28)/t14?,21-/m1/s1. The van der Waals surface area contributed by atoms with Crippen LogP contribution in [0, 0.1) is 17.8 Å². The number of carbonyl (C=O) groups is 3. The van der Waals surface area contributed by atoms with Gasteiger partial charge in [0.15, 0.2) is 5.54 Å². The van der Waals surface area contributed by atoms with E-state index in [0.717, 1.165) is 11.3 Å². The molecule has 0 aliphatic carbocycles. The summed E-state index contributed by atoms with van der Waals surface area (Å²) in [5.41, 5.74) is 0.782. The molecule has 4 amide bonds. The van der Waals surface area contributed by atoms with Crippen LogP contribution >= 0.6 is 0 Å². The van der Waals surface area contributed by atoms with Crippen molar-refractivity contribution in [3.8, 4) is 17.6 Å². The zero-order valence-electron chi connectivity index (χ0n) is 16.1. The summed E-state index contributed by atoms with van der Waals surface area (Å²) in [6, 6.07) is 4.66. The van der Waals surface area contributed by atoms with Crippen molar-refractivity contribution < 1.29 is 19.1 Å². The Morgan fingerprint density at radius 2 is 2.17 bits per heavy atom. The van der Waals surface area contributed by atoms with E-state index in [2.05, 4.69) is 27.5 Å². The van der Waals surface area contributed by atoms with Gasteiger partial charge in [-0.3, -0.25) is 19.9 Å². The minimum atomic E-state index is -1.50. The van der Waals surface area contributed by atoms with Gasteiger partial charge in [-0.25, -0.2) is 4.79 Å². The van der Waals surface area contributed by atoms with E-state index in [1.807, 2.05) is 25.1 Å². The van der Waals surface area contributed by atoms with Crippen LogP contribution in [0.25, 0.3) is 0 Å². The van der Waals surface area contributed by atoms with Crippen molar-refractivity contribution in [1.82, 2.24) is 15.5 Å². The van der Waals surface area contributed by atoms with E-state index in [4.69, 9.17) is 4.74 Å². The molecule has 2 atom stereocenters. The molecule has 29 heavy (non-hydrogen) atoms. The van der Waals surface area contributed by atoms with E-state index in [-0.39, 0.29) is 18.4 Å². The lowest BCUT2D eigenvalue weighted by atomic mass is 9.97. The first kappa shape index (κ1) is 18.7. The maximum absolute atomic E-state index is 12.9. The van der Waals surface area contributed by atoms with Crippen LogP contribution in [0.1, 0.15) is 22.8 Å². The van der Waals surface area contributed by atoms with Crippen molar-refractivity contribution in [1.29, 1.82) is 0 Å². The molecule has 0 aromatic heterocycles. The van der Waals surface area contributed by atoms with Crippen LogP contribution < -0.4 is 15.4 Å². The van der Waals surface area contributed by atoms with E-state index < -0.39 is 17.5 Å². The number of nitrogens with one attached hydrogen (secondary N) is 2. The van der Waals surface area contributed by atoms with E-state index in [0.29, 0.717) is 24.4 Å². The molecule has 0 spiro atoms. The number of rotatable bonds is 3. The van der Waals surface area contributed by atoms with Crippen LogP contribution in [-0.2, 0) is 11.3 Å². The average Bonchev–Trinajstić information content (AvgIpc) is 3.16. The van der Waals surface area contributed by atoms with Crippen molar-refractivity contribution in [2.24, 2.45) is 10.9 Å². The molecule has 8 nitrogen and oxygen atoms in total. The Balaban J connectivity index is 1.60. The molecule has 4 rings (SSSR count). The lowest BCUT2D eigenvalue weighted by Crippen LogP contribution is -2.54. The van der Waals surface area contributed by atoms with Crippen LogP contribution in [0.15, 0.2) is 35.3 Å². The highest BCUT2D eigenvalue weighted by Gasteiger charge is 2.48. The molecule has 0 saturated carbocycles. The van der Waals surface area contributed by atoms with Gasteiger partial charge < -0.3 is 15.0 Å². The van der Waals surface area contributed by atoms with Crippen molar-refractivity contribution >= 4 is 23.6 Å². The van der Waals surface area contributed by atoms with Crippen molar-refractivity contribution in [2.75, 3.05) is 20.2 Å². The molecule has 3 aliphatic rings. The quantitative estimate of drug-likeness (QED) is 0.589. The first-order valence-electron chi connectivity index (χ1n) is 9.22. The molecule has 148 valence electrons. The third kappa shape index (κ3) is 3.47. The zero-order valence-corrected chi connectivity index (χ0v) is 16.1. The number of imide groups is 1. The van der Waals surface area contributed by atoms with Crippen LogP contribution in [0.4, 0.5) is 4.79 Å². The SMILES string of the molecule is COc1ccc2c(c1)C(=O)N(C[C@@]1(C#CC3C=CC(C)=NC3)NC(=O)NC1=O)C2. The second-order valence-corrected chi connectivity index (χ2v) is 7.21. The number of ether oxygens (including phenoxy) is 1. The number of methoxy groups -OCH3 is 1. The number of amides is 4. The summed E-state index contributed by atoms with van der Waals surface area (Å²) in [6.45, 7) is 2.68. The summed E-state index contributed by atoms with van der Waals surface area (Å²) in [4.78, 5) is 43.2. The van der Waals surface area contributed by atoms with Gasteiger partial charge in [-0.2, -0.15) is 0 Å². The number of aliphatic imine (C=N–C) groups is 1. The molecular formula is C21H20N4O4. The molecule has 3 aliphatic heterocycles. The molecule has 0 bridgehead atoms. The number of fused-ring (bicyclic) bond motifs is 1. The van der Waals surface area contributed by atoms with E-state index in [9.17, 15) is 14.4 Å². The Labute approximate surface area is 168 Å². The van der Waals surface area contributed by atoms with Crippen molar-refractivity contribution in [2.45, 2.75) is 19.0 Å². The minimum absolute atomic E-state index is 0.0495. The van der Waals surface area contributed by atoms with Gasteiger partial charge in [-0.1, -0.05) is 24.0 Å². The van der Waals surface area contributed by atoms with Crippen molar-refractivity contribution in [3.63, 3.8) is 0 Å². The van der Waals surface area contributed by atoms with Crippen molar-refractivity contribution in [3.05, 3.63) is 41.5 Å². The second-order valence-electron chi connectivity index (χ2n) is 7.21. The number of nitrogens with zero attached hydrogens (tertiary/aromatic N) is 2. The third-order valence-electron chi connectivity index (χ3n) is 5.14. The first-order valence-corrected chi connectivity index (χ1v) is 9.22. The fourth-order valence-electron chi connectivity index (χ4n) is 3.53. The largest absolute Gasteiger partial charge is 0.497 e. The van der Waals surface area contributed by atoms with E-state index in [1.54, 1.807) is 12.1 Å². The molecule has 0 radical (unpaired) electrons. The summed E-state index contributed by atoms with van der Waals surface area (Å²) < 4.78 is 5.19. The fourth-order valence-corrected chi connectivity index (χ4v) is 3.53. The Morgan fingerprint density at radius 3 is 2.83 bits per heavy atom. The lowest BCUT2D eigenvalue weighted by molar-refractivity contribution is -0.122. The number of hydrogen-bond donors (Lipinski definition) is 2. The van der Waals surface area contributed by atoms with Crippen LogP contribution in [0.2, 0.25) is 0 Å². The topological polar surface area (TPSA) is 100 Å². The Bertz CT molecular complexity index is 1030. The number of benzene rings is 1. The number of dihydropyridines is 1. The first-order chi connectivity index (χ1) is 13.9. The fraction of sp³-hybridized carbons (Fsp3) is 0.333. The molecule has 2 N–H and O–H groups in total. The van der Waals surface area contributed by atoms with Gasteiger partial charge in [-0.15, -0.1) is 0 Å². The van der Waals surface area contributed by atoms with Gasteiger partial charge in [0.05, 0.1) is 26.1 Å². The molecule has 1 unspecified atom stereocenters. The summed E-state index contributed by atoms with van der Waals surface area (Å²) in [6.07, 6.45) is 3.79. The van der Waals surface area contributed by atoms with Gasteiger partial charge in [-0.05, 0) is 30.7 Å². The molecule has 1 aromatic carbocycles. The van der Waals surface area contributed by atoms with Crippen LogP contribution in [0.3, 0.4) is 0 Å². The smallest absolute Gasteiger partial charge is 0.323 e. The predicted octanol–water partition coefficient (Wildman–Crippen LogP) is 0.879. The Kier molecular flexibility index (Phi) is 4.59. The second kappa shape index (κ2) is 7.09. The van der Waals surface area contributed by atoms with Crippen LogP contribution in [-0.4, -0.2) is 54.2 Å². The molecular weight excluding hydrogens is 372 g/mol. The highest BCUT2D eigenvalue weighted by atomic mass is 16.5. The van der Waals surface area contributed by atoms with Gasteiger partial charge in [0.2, 0.25) is 0 Å². The molecule has 8 heteroatoms. The molecule has 1 aromatic rings. The van der Waals surface area contributed by atoms with Gasteiger partial charge >= 0.3 is 6.03 Å². The third-order valence-corrected chi connectivity index (χ3v) is 5.14. The molecule has 3 heterocycles. The monoisotopic (exact) mass is 392 g/mol.